The van der Waals surface area contributed by atoms with Gasteiger partial charge in [0, 0.05) is 13.6 Å². The van der Waals surface area contributed by atoms with Crippen LogP contribution in [0.5, 0.6) is 0 Å². The summed E-state index contributed by atoms with van der Waals surface area (Å²) in [6, 6.07) is 0. The Hall–Kier alpha value is -2.77. The Bertz CT molecular complexity index is 839. The summed E-state index contributed by atoms with van der Waals surface area (Å²) in [6.45, 7) is 9.30. The molecular weight excluding hydrogens is 392 g/mol. The van der Waals surface area contributed by atoms with Crippen molar-refractivity contribution in [3.8, 4) is 0 Å². The molecule has 8 heteroatoms. The molecule has 1 fully saturated rings. The second-order valence-electron chi connectivity index (χ2n) is 7.40. The highest BCUT2D eigenvalue weighted by Crippen LogP contribution is 2.55. The van der Waals surface area contributed by atoms with Gasteiger partial charge in [-0.2, -0.15) is 0 Å². The smallest absolute Gasteiger partial charge is 0.313 e. The van der Waals surface area contributed by atoms with Gasteiger partial charge >= 0.3 is 5.97 Å². The zero-order valence-electron chi connectivity index (χ0n) is 18.3. The second-order valence-corrected chi connectivity index (χ2v) is 7.40. The molecule has 0 aromatic rings. The predicted octanol–water partition coefficient (Wildman–Crippen LogP) is 3.83. The molecule has 0 spiro atoms. The number of hydrogen-bond donors (Lipinski definition) is 4. The van der Waals surface area contributed by atoms with Crippen molar-refractivity contribution in [3.63, 3.8) is 0 Å². The summed E-state index contributed by atoms with van der Waals surface area (Å²) in [5.74, 6) is -9.93. The number of hydrogen-bond acceptors (Lipinski definition) is 4. The Morgan fingerprint density at radius 3 is 2.13 bits per heavy atom. The van der Waals surface area contributed by atoms with Crippen molar-refractivity contribution in [1.82, 2.24) is 10.6 Å². The van der Waals surface area contributed by atoms with Gasteiger partial charge in [-0.15, -0.1) is 0 Å². The van der Waals surface area contributed by atoms with Crippen molar-refractivity contribution >= 4 is 17.6 Å². The van der Waals surface area contributed by atoms with Gasteiger partial charge in [-0.3, -0.25) is 9.59 Å². The quantitative estimate of drug-likeness (QED) is 0.317. The lowest BCUT2D eigenvalue weighted by Gasteiger charge is -2.12. The number of halogens is 2. The van der Waals surface area contributed by atoms with E-state index >= 15 is 0 Å². The van der Waals surface area contributed by atoms with E-state index in [-0.39, 0.29) is 6.54 Å². The van der Waals surface area contributed by atoms with E-state index in [4.69, 9.17) is 10.5 Å². The largest absolute Gasteiger partial charge is 0.481 e. The first-order chi connectivity index (χ1) is 13.9. The van der Waals surface area contributed by atoms with Gasteiger partial charge in [0.25, 0.3) is 5.92 Å². The molecule has 0 saturated heterocycles. The molecule has 0 aromatic carbocycles. The third-order valence-corrected chi connectivity index (χ3v) is 5.20. The lowest BCUT2D eigenvalue weighted by molar-refractivity contribution is -0.141. The van der Waals surface area contributed by atoms with Crippen LogP contribution in [-0.4, -0.2) is 42.2 Å². The summed E-state index contributed by atoms with van der Waals surface area (Å²) in [5.41, 5.74) is 4.52. The number of carboxylic acid groups (broad SMARTS) is 1. The fourth-order valence-electron chi connectivity index (χ4n) is 3.22. The summed E-state index contributed by atoms with van der Waals surface area (Å²) >= 11 is 0. The Morgan fingerprint density at radius 2 is 1.70 bits per heavy atom. The molecule has 1 aliphatic carbocycles. The van der Waals surface area contributed by atoms with Crippen LogP contribution >= 0.6 is 0 Å². The molecule has 2 unspecified atom stereocenters. The van der Waals surface area contributed by atoms with Crippen molar-refractivity contribution in [1.29, 1.82) is 5.41 Å². The normalized spacial score (nSPS) is 22.2. The van der Waals surface area contributed by atoms with Crippen molar-refractivity contribution in [2.75, 3.05) is 13.6 Å². The SMILES string of the molecule is CC/C=C(C)/C(=C\C=C(C)\C(C)=C(/NC)C(C)=N)CNC(=O)C1C(C(=O)O)C1(F)F. The predicted molar refractivity (Wildman–Crippen MR) is 114 cm³/mol. The lowest BCUT2D eigenvalue weighted by atomic mass is 10.0. The number of alkyl halides is 2. The Balaban J connectivity index is 3.06. The molecule has 4 N–H and O–H groups in total. The topological polar surface area (TPSA) is 102 Å². The van der Waals surface area contributed by atoms with Crippen LogP contribution in [0.3, 0.4) is 0 Å². The van der Waals surface area contributed by atoms with Crippen LogP contribution in [0.4, 0.5) is 8.78 Å². The summed E-state index contributed by atoms with van der Waals surface area (Å²) in [7, 11) is 1.74. The van der Waals surface area contributed by atoms with E-state index in [1.54, 1.807) is 20.0 Å². The molecule has 1 rings (SSSR count). The van der Waals surface area contributed by atoms with Gasteiger partial charge in [0.05, 0.1) is 11.4 Å². The second kappa shape index (κ2) is 10.3. The highest BCUT2D eigenvalue weighted by atomic mass is 19.3. The number of nitrogens with one attached hydrogen (secondary N) is 3. The molecule has 30 heavy (non-hydrogen) atoms. The molecule has 0 aliphatic heterocycles. The van der Waals surface area contributed by atoms with Crippen LogP contribution in [-0.2, 0) is 9.59 Å². The molecular formula is C22H31F2N3O3. The third-order valence-electron chi connectivity index (χ3n) is 5.20. The van der Waals surface area contributed by atoms with Crippen molar-refractivity contribution in [2.24, 2.45) is 11.8 Å². The third kappa shape index (κ3) is 5.87. The highest BCUT2D eigenvalue weighted by molar-refractivity contribution is 5.96. The van der Waals surface area contributed by atoms with E-state index in [0.717, 1.165) is 28.7 Å². The first-order valence-electron chi connectivity index (χ1n) is 9.77. The van der Waals surface area contributed by atoms with Gasteiger partial charge in [-0.05, 0) is 50.8 Å². The van der Waals surface area contributed by atoms with Crippen molar-refractivity contribution in [3.05, 3.63) is 46.2 Å². The maximum Gasteiger partial charge on any atom is 0.313 e. The average Bonchev–Trinajstić information content (AvgIpc) is 3.24. The number of amides is 1. The van der Waals surface area contributed by atoms with Gasteiger partial charge in [0.15, 0.2) is 0 Å². The fraction of sp³-hybridized carbons (Fsp3) is 0.500. The summed E-state index contributed by atoms with van der Waals surface area (Å²) in [4.78, 5) is 23.0. The minimum absolute atomic E-state index is 0.00904. The molecule has 6 nitrogen and oxygen atoms in total. The van der Waals surface area contributed by atoms with Gasteiger partial charge < -0.3 is 21.1 Å². The van der Waals surface area contributed by atoms with Gasteiger partial charge in [-0.1, -0.05) is 30.7 Å². The maximum atomic E-state index is 13.6. The fourth-order valence-corrected chi connectivity index (χ4v) is 3.22. The summed E-state index contributed by atoms with van der Waals surface area (Å²) in [5, 5.41) is 22.1. The number of carboxylic acids is 1. The van der Waals surface area contributed by atoms with Crippen LogP contribution in [0, 0.1) is 17.2 Å². The Morgan fingerprint density at radius 1 is 1.10 bits per heavy atom. The summed E-state index contributed by atoms with van der Waals surface area (Å²) < 4.78 is 27.2. The molecule has 0 bridgehead atoms. The molecule has 166 valence electrons. The van der Waals surface area contributed by atoms with E-state index < -0.39 is 29.6 Å². The van der Waals surface area contributed by atoms with Crippen LogP contribution in [0.25, 0.3) is 0 Å². The van der Waals surface area contributed by atoms with Crippen LogP contribution in [0.1, 0.15) is 41.0 Å². The molecule has 0 radical (unpaired) electrons. The van der Waals surface area contributed by atoms with Gasteiger partial charge in [0.2, 0.25) is 5.91 Å². The van der Waals surface area contributed by atoms with Gasteiger partial charge in [0.1, 0.15) is 11.8 Å². The van der Waals surface area contributed by atoms with Crippen molar-refractivity contribution < 1.29 is 23.5 Å². The van der Waals surface area contributed by atoms with E-state index in [1.165, 1.54) is 0 Å². The standard InChI is InChI=1S/C22H31F2N3O3/c1-7-8-13(3)16(10-9-12(2)14(4)19(26-6)15(5)25)11-27-20(28)17-18(21(29)30)22(17,23)24/h8-10,17-18,25-26H,7,11H2,1-6H3,(H,27,28)(H,29,30)/b12-9+,13-8+,16-10-,19-14-,25-15?. The zero-order valence-corrected chi connectivity index (χ0v) is 18.3. The van der Waals surface area contributed by atoms with Crippen LogP contribution < -0.4 is 10.6 Å². The molecule has 2 atom stereocenters. The Kier molecular flexibility index (Phi) is 8.69. The highest BCUT2D eigenvalue weighted by Gasteiger charge is 2.75. The number of carbonyl (C=O) groups is 2. The first-order valence-corrected chi connectivity index (χ1v) is 9.77. The number of carbonyl (C=O) groups excluding carboxylic acids is 1. The van der Waals surface area contributed by atoms with Crippen LogP contribution in [0.2, 0.25) is 0 Å². The van der Waals surface area contributed by atoms with Crippen LogP contribution in [0.15, 0.2) is 46.2 Å². The summed E-state index contributed by atoms with van der Waals surface area (Å²) in [6.07, 6.45) is 6.36. The monoisotopic (exact) mass is 423 g/mol. The maximum absolute atomic E-state index is 13.6. The van der Waals surface area contributed by atoms with Crippen molar-refractivity contribution in [2.45, 2.75) is 47.0 Å². The molecule has 0 heterocycles. The van der Waals surface area contributed by atoms with E-state index in [1.807, 2.05) is 39.8 Å². The first kappa shape index (κ1) is 25.3. The van der Waals surface area contributed by atoms with Gasteiger partial charge in [-0.25, -0.2) is 8.78 Å². The molecule has 1 aliphatic rings. The number of aliphatic carboxylic acids is 1. The molecule has 0 aromatic heterocycles. The number of rotatable bonds is 10. The number of allylic oxidation sites excluding steroid dienone is 6. The lowest BCUT2D eigenvalue weighted by Crippen LogP contribution is -2.29. The molecule has 1 saturated carbocycles. The van der Waals surface area contributed by atoms with E-state index in [2.05, 4.69) is 10.6 Å². The average molecular weight is 424 g/mol. The minimum Gasteiger partial charge on any atom is -0.481 e. The van der Waals surface area contributed by atoms with E-state index in [0.29, 0.717) is 11.4 Å². The minimum atomic E-state index is -3.51. The Labute approximate surface area is 176 Å². The van der Waals surface area contributed by atoms with E-state index in [9.17, 15) is 18.4 Å². The zero-order chi connectivity index (χ0) is 23.2. The molecule has 1 amide bonds.